The molecule has 1 atom stereocenters. The van der Waals surface area contributed by atoms with E-state index in [0.717, 1.165) is 24.1 Å². The van der Waals surface area contributed by atoms with Gasteiger partial charge in [-0.1, -0.05) is 26.2 Å². The summed E-state index contributed by atoms with van der Waals surface area (Å²) in [5.41, 5.74) is 7.84. The van der Waals surface area contributed by atoms with Gasteiger partial charge in [-0.3, -0.25) is 5.41 Å². The number of nitrogens with two attached hydrogens (primary N) is 1. The van der Waals surface area contributed by atoms with Crippen molar-refractivity contribution in [2.75, 3.05) is 0 Å². The fraction of sp³-hybridized carbons (Fsp3) is 0.667. The van der Waals surface area contributed by atoms with Gasteiger partial charge >= 0.3 is 0 Å². The van der Waals surface area contributed by atoms with E-state index in [-0.39, 0.29) is 11.9 Å². The molecule has 112 valence electrons. The smallest absolute Gasteiger partial charge is 0.245 e. The van der Waals surface area contributed by atoms with E-state index in [4.69, 9.17) is 15.9 Å². The average Bonchev–Trinajstić information content (AvgIpc) is 2.39. The number of hydrogen-bond donors (Lipinski definition) is 2. The van der Waals surface area contributed by atoms with Crippen molar-refractivity contribution in [2.45, 2.75) is 65.9 Å². The molecule has 5 heteroatoms. The van der Waals surface area contributed by atoms with Crippen LogP contribution in [0.15, 0.2) is 0 Å². The molecule has 0 amide bonds. The van der Waals surface area contributed by atoms with Crippen molar-refractivity contribution >= 4 is 5.84 Å². The molecule has 1 rings (SSSR count). The molecule has 0 aliphatic carbocycles. The summed E-state index contributed by atoms with van der Waals surface area (Å²) in [4.78, 5) is 0. The van der Waals surface area contributed by atoms with Crippen LogP contribution >= 0.6 is 0 Å². The molecule has 0 saturated carbocycles. The lowest BCUT2D eigenvalue weighted by Crippen LogP contribution is -2.21. The van der Waals surface area contributed by atoms with Crippen LogP contribution in [0.4, 0.5) is 0 Å². The topological polar surface area (TPSA) is 84.9 Å². The first-order valence-corrected chi connectivity index (χ1v) is 7.32. The quantitative estimate of drug-likeness (QED) is 0.434. The summed E-state index contributed by atoms with van der Waals surface area (Å²) in [6.45, 7) is 7.96. The third-order valence-electron chi connectivity index (χ3n) is 3.47. The van der Waals surface area contributed by atoms with Crippen molar-refractivity contribution in [1.29, 1.82) is 5.41 Å². The van der Waals surface area contributed by atoms with Crippen molar-refractivity contribution in [2.24, 2.45) is 5.73 Å². The van der Waals surface area contributed by atoms with Crippen LogP contribution in [0.3, 0.4) is 0 Å². The maximum atomic E-state index is 7.68. The maximum absolute atomic E-state index is 7.68. The Labute approximate surface area is 121 Å². The minimum atomic E-state index is -0.0197. The summed E-state index contributed by atoms with van der Waals surface area (Å²) in [6, 6.07) is 0. The summed E-state index contributed by atoms with van der Waals surface area (Å²) in [5, 5.41) is 15.8. The Morgan fingerprint density at radius 2 is 1.95 bits per heavy atom. The van der Waals surface area contributed by atoms with Crippen molar-refractivity contribution in [3.05, 3.63) is 16.8 Å². The number of hydrogen-bond acceptors (Lipinski definition) is 4. The van der Waals surface area contributed by atoms with Crippen molar-refractivity contribution < 1.29 is 4.74 Å². The summed E-state index contributed by atoms with van der Waals surface area (Å²) in [6.07, 6.45) is 5.89. The van der Waals surface area contributed by atoms with Crippen LogP contribution in [0, 0.1) is 19.3 Å². The van der Waals surface area contributed by atoms with E-state index >= 15 is 0 Å². The number of nitrogens with one attached hydrogen (secondary N) is 1. The number of aryl methyl sites for hydroxylation is 1. The predicted octanol–water partition coefficient (Wildman–Crippen LogP) is 3.12. The zero-order valence-electron chi connectivity index (χ0n) is 13.0. The summed E-state index contributed by atoms with van der Waals surface area (Å²) in [5.74, 6) is 0.359. The molecule has 0 radical (unpaired) electrons. The van der Waals surface area contributed by atoms with Gasteiger partial charge in [0, 0.05) is 0 Å². The van der Waals surface area contributed by atoms with Crippen LogP contribution in [0.1, 0.15) is 62.8 Å². The van der Waals surface area contributed by atoms with E-state index in [9.17, 15) is 0 Å². The molecule has 0 aromatic carbocycles. The van der Waals surface area contributed by atoms with Gasteiger partial charge in [-0.05, 0) is 39.2 Å². The Morgan fingerprint density at radius 1 is 1.25 bits per heavy atom. The van der Waals surface area contributed by atoms with E-state index in [0.29, 0.717) is 11.4 Å². The number of amidine groups is 1. The van der Waals surface area contributed by atoms with Crippen molar-refractivity contribution in [1.82, 2.24) is 10.2 Å². The number of rotatable bonds is 8. The number of nitrogen functional groups attached to an aromatic ring is 1. The summed E-state index contributed by atoms with van der Waals surface area (Å²) < 4.78 is 5.83. The first-order valence-electron chi connectivity index (χ1n) is 7.32. The molecule has 1 unspecified atom stereocenters. The van der Waals surface area contributed by atoms with Crippen LogP contribution in [0.25, 0.3) is 0 Å². The van der Waals surface area contributed by atoms with Crippen LogP contribution in [-0.2, 0) is 0 Å². The Balaban J connectivity index is 2.72. The van der Waals surface area contributed by atoms with Crippen LogP contribution < -0.4 is 10.5 Å². The highest BCUT2D eigenvalue weighted by molar-refractivity contribution is 5.98. The van der Waals surface area contributed by atoms with Gasteiger partial charge in [-0.15, -0.1) is 5.10 Å². The SMILES string of the molecule is CCCCCCC(C)Oc1nnc(C)c(C)c1C(=N)N. The van der Waals surface area contributed by atoms with Gasteiger partial charge in [0.2, 0.25) is 5.88 Å². The highest BCUT2D eigenvalue weighted by atomic mass is 16.5. The molecular weight excluding hydrogens is 252 g/mol. The molecule has 0 aliphatic heterocycles. The zero-order valence-corrected chi connectivity index (χ0v) is 13.0. The third-order valence-corrected chi connectivity index (χ3v) is 3.47. The van der Waals surface area contributed by atoms with Crippen LogP contribution in [0.5, 0.6) is 5.88 Å². The molecule has 3 N–H and O–H groups in total. The van der Waals surface area contributed by atoms with Crippen LogP contribution in [-0.4, -0.2) is 22.1 Å². The largest absolute Gasteiger partial charge is 0.473 e. The normalized spacial score (nSPS) is 12.2. The molecule has 0 fully saturated rings. The Kier molecular flexibility index (Phi) is 6.42. The summed E-state index contributed by atoms with van der Waals surface area (Å²) in [7, 11) is 0. The van der Waals surface area contributed by atoms with Gasteiger partial charge in [0.25, 0.3) is 0 Å². The van der Waals surface area contributed by atoms with E-state index < -0.39 is 0 Å². The maximum Gasteiger partial charge on any atom is 0.245 e. The Bertz CT molecular complexity index is 459. The van der Waals surface area contributed by atoms with Gasteiger partial charge in [-0.2, -0.15) is 5.10 Å². The van der Waals surface area contributed by atoms with Gasteiger partial charge in [0.1, 0.15) is 5.84 Å². The zero-order chi connectivity index (χ0) is 15.1. The molecule has 5 nitrogen and oxygen atoms in total. The standard InChI is InChI=1S/C15H26N4O/c1-5-6-7-8-9-10(2)20-15-13(14(16)17)11(3)12(4)18-19-15/h10H,5-9H2,1-4H3,(H3,16,17). The van der Waals surface area contributed by atoms with E-state index in [1.807, 2.05) is 20.8 Å². The number of unbranched alkanes of at least 4 members (excludes halogenated alkanes) is 3. The van der Waals surface area contributed by atoms with E-state index in [1.54, 1.807) is 0 Å². The molecule has 0 saturated heterocycles. The fourth-order valence-electron chi connectivity index (χ4n) is 2.09. The van der Waals surface area contributed by atoms with Gasteiger partial charge in [0.05, 0.1) is 17.4 Å². The second-order valence-corrected chi connectivity index (χ2v) is 5.28. The molecular formula is C15H26N4O. The predicted molar refractivity (Wildman–Crippen MR) is 81.4 cm³/mol. The molecule has 1 aromatic heterocycles. The van der Waals surface area contributed by atoms with Crippen molar-refractivity contribution in [3.63, 3.8) is 0 Å². The average molecular weight is 278 g/mol. The van der Waals surface area contributed by atoms with Crippen molar-refractivity contribution in [3.8, 4) is 5.88 Å². The highest BCUT2D eigenvalue weighted by Gasteiger charge is 2.17. The molecule has 0 aliphatic rings. The Morgan fingerprint density at radius 3 is 2.55 bits per heavy atom. The second kappa shape index (κ2) is 7.82. The van der Waals surface area contributed by atoms with Gasteiger partial charge in [-0.25, -0.2) is 0 Å². The monoisotopic (exact) mass is 278 g/mol. The molecule has 1 aromatic rings. The molecule has 1 heterocycles. The van der Waals surface area contributed by atoms with Gasteiger partial charge < -0.3 is 10.5 Å². The third kappa shape index (κ3) is 4.47. The minimum absolute atomic E-state index is 0.0197. The van der Waals surface area contributed by atoms with Crippen LogP contribution in [0.2, 0.25) is 0 Å². The Hall–Kier alpha value is -1.65. The fourth-order valence-corrected chi connectivity index (χ4v) is 2.09. The molecule has 0 spiro atoms. The minimum Gasteiger partial charge on any atom is -0.473 e. The number of ether oxygens (including phenoxy) is 1. The lowest BCUT2D eigenvalue weighted by atomic mass is 10.1. The number of aromatic nitrogens is 2. The van der Waals surface area contributed by atoms with E-state index in [1.165, 1.54) is 19.3 Å². The molecule has 20 heavy (non-hydrogen) atoms. The highest BCUT2D eigenvalue weighted by Crippen LogP contribution is 2.22. The number of nitrogens with zero attached hydrogens (tertiary/aromatic N) is 2. The molecule has 0 bridgehead atoms. The first kappa shape index (κ1) is 16.4. The van der Waals surface area contributed by atoms with E-state index in [2.05, 4.69) is 17.1 Å². The summed E-state index contributed by atoms with van der Waals surface area (Å²) >= 11 is 0. The second-order valence-electron chi connectivity index (χ2n) is 5.28. The van der Waals surface area contributed by atoms with Gasteiger partial charge in [0.15, 0.2) is 0 Å². The first-order chi connectivity index (χ1) is 9.47. The lowest BCUT2D eigenvalue weighted by Gasteiger charge is -2.17. The lowest BCUT2D eigenvalue weighted by molar-refractivity contribution is 0.195.